The van der Waals surface area contributed by atoms with Crippen LogP contribution in [0.15, 0.2) is 35.0 Å². The highest BCUT2D eigenvalue weighted by atomic mass is 19.4. The predicted octanol–water partition coefficient (Wildman–Crippen LogP) is 1.30. The summed E-state index contributed by atoms with van der Waals surface area (Å²) >= 11 is 0. The summed E-state index contributed by atoms with van der Waals surface area (Å²) in [6.07, 6.45) is -2.88. The van der Waals surface area contributed by atoms with Crippen LogP contribution < -0.4 is 10.6 Å². The first-order valence-corrected chi connectivity index (χ1v) is 8.13. The number of hydrogen-bond acceptors (Lipinski definition) is 6. The van der Waals surface area contributed by atoms with Crippen molar-refractivity contribution in [1.29, 1.82) is 0 Å². The molecule has 140 valence electrons. The number of amides is 1. The van der Waals surface area contributed by atoms with Gasteiger partial charge >= 0.3 is 6.18 Å². The van der Waals surface area contributed by atoms with Gasteiger partial charge < -0.3 is 15.2 Å². The second-order valence-electron chi connectivity index (χ2n) is 5.84. The maximum Gasteiger partial charge on any atom is 0.405 e. The molecule has 0 bridgehead atoms. The molecule has 2 aromatic heterocycles. The fourth-order valence-corrected chi connectivity index (χ4v) is 2.74. The van der Waals surface area contributed by atoms with Gasteiger partial charge in [0, 0.05) is 45.0 Å². The van der Waals surface area contributed by atoms with Gasteiger partial charge in [0.2, 0.25) is 5.76 Å². The van der Waals surface area contributed by atoms with Gasteiger partial charge in [0.1, 0.15) is 11.7 Å². The van der Waals surface area contributed by atoms with Crippen LogP contribution in [0.1, 0.15) is 10.6 Å². The van der Waals surface area contributed by atoms with E-state index in [1.54, 1.807) is 24.4 Å². The number of carbonyl (C=O) groups excluding carboxylic acids is 1. The Balaban J connectivity index is 1.64. The Morgan fingerprint density at radius 2 is 2.08 bits per heavy atom. The number of alkyl halides is 3. The molecule has 2 aromatic rings. The number of carbonyl (C=O) groups is 1. The van der Waals surface area contributed by atoms with E-state index in [2.05, 4.69) is 20.8 Å². The molecule has 0 spiro atoms. The third kappa shape index (κ3) is 4.38. The highest BCUT2D eigenvalue weighted by Gasteiger charge is 2.44. The van der Waals surface area contributed by atoms with Gasteiger partial charge in [-0.25, -0.2) is 0 Å². The lowest BCUT2D eigenvalue weighted by atomic mass is 10.2. The zero-order valence-electron chi connectivity index (χ0n) is 13.8. The van der Waals surface area contributed by atoms with Gasteiger partial charge in [-0.2, -0.15) is 13.2 Å². The van der Waals surface area contributed by atoms with E-state index < -0.39 is 24.7 Å². The predicted molar refractivity (Wildman–Crippen MR) is 86.4 cm³/mol. The van der Waals surface area contributed by atoms with Crippen molar-refractivity contribution in [3.8, 4) is 11.4 Å². The molecule has 0 aromatic carbocycles. The van der Waals surface area contributed by atoms with Crippen LogP contribution in [-0.2, 0) is 0 Å². The second-order valence-corrected chi connectivity index (χ2v) is 5.84. The van der Waals surface area contributed by atoms with E-state index in [1.165, 1.54) is 11.0 Å². The number of piperazine rings is 1. The third-order valence-corrected chi connectivity index (χ3v) is 4.09. The van der Waals surface area contributed by atoms with E-state index >= 15 is 0 Å². The molecule has 1 atom stereocenters. The van der Waals surface area contributed by atoms with E-state index in [0.29, 0.717) is 24.5 Å². The summed E-state index contributed by atoms with van der Waals surface area (Å²) in [5.74, 6) is -0.907. The fourth-order valence-electron chi connectivity index (χ4n) is 2.74. The molecule has 3 rings (SSSR count). The maximum atomic E-state index is 13.3. The lowest BCUT2D eigenvalue weighted by Crippen LogP contribution is -2.57. The Morgan fingerprint density at radius 3 is 2.73 bits per heavy atom. The van der Waals surface area contributed by atoms with E-state index in [4.69, 9.17) is 4.52 Å². The second kappa shape index (κ2) is 7.83. The maximum absolute atomic E-state index is 13.3. The Kier molecular flexibility index (Phi) is 5.52. The fraction of sp³-hybridized carbons (Fsp3) is 0.438. The number of pyridine rings is 1. The van der Waals surface area contributed by atoms with Crippen molar-refractivity contribution in [2.75, 3.05) is 32.7 Å². The molecule has 26 heavy (non-hydrogen) atoms. The Bertz CT molecular complexity index is 729. The van der Waals surface area contributed by atoms with Crippen molar-refractivity contribution in [1.82, 2.24) is 25.7 Å². The smallest absolute Gasteiger partial charge is 0.350 e. The standard InChI is InChI=1S/C16H18F3N5O2/c17-16(18,19)14(24-7-5-20-6-8-24)10-22-15(25)13-9-12(23-26-13)11-3-1-2-4-21-11/h1-4,9,14,20H,5-8,10H2,(H,22,25). The highest BCUT2D eigenvalue weighted by molar-refractivity contribution is 5.92. The van der Waals surface area contributed by atoms with Crippen LogP contribution >= 0.6 is 0 Å². The van der Waals surface area contributed by atoms with Crippen LogP contribution in [0.2, 0.25) is 0 Å². The van der Waals surface area contributed by atoms with Crippen LogP contribution in [0.3, 0.4) is 0 Å². The van der Waals surface area contributed by atoms with Crippen LogP contribution in [-0.4, -0.2) is 65.9 Å². The summed E-state index contributed by atoms with van der Waals surface area (Å²) in [6.45, 7) is 0.951. The molecule has 0 radical (unpaired) electrons. The van der Waals surface area contributed by atoms with Gasteiger partial charge in [0.05, 0.1) is 5.69 Å². The summed E-state index contributed by atoms with van der Waals surface area (Å²) < 4.78 is 44.9. The molecule has 10 heteroatoms. The molecule has 1 aliphatic heterocycles. The number of halogens is 3. The third-order valence-electron chi connectivity index (χ3n) is 4.09. The minimum Gasteiger partial charge on any atom is -0.350 e. The van der Waals surface area contributed by atoms with Gasteiger partial charge in [-0.05, 0) is 12.1 Å². The van der Waals surface area contributed by atoms with Crippen molar-refractivity contribution >= 4 is 5.91 Å². The van der Waals surface area contributed by atoms with Crippen LogP contribution in [0.4, 0.5) is 13.2 Å². The zero-order chi connectivity index (χ0) is 18.6. The highest BCUT2D eigenvalue weighted by Crippen LogP contribution is 2.25. The summed E-state index contributed by atoms with van der Waals surface area (Å²) in [6, 6.07) is 4.77. The Hall–Kier alpha value is -2.46. The molecule has 0 aliphatic carbocycles. The van der Waals surface area contributed by atoms with Gasteiger partial charge in [-0.3, -0.25) is 14.7 Å². The molecular weight excluding hydrogens is 351 g/mol. The topological polar surface area (TPSA) is 83.3 Å². The zero-order valence-corrected chi connectivity index (χ0v) is 13.8. The molecule has 1 unspecified atom stereocenters. The minimum absolute atomic E-state index is 0.160. The van der Waals surface area contributed by atoms with Gasteiger partial charge in [0.15, 0.2) is 0 Å². The van der Waals surface area contributed by atoms with E-state index in [-0.39, 0.29) is 18.8 Å². The first-order chi connectivity index (χ1) is 12.4. The lowest BCUT2D eigenvalue weighted by molar-refractivity contribution is -0.183. The molecule has 1 fully saturated rings. The number of nitrogens with one attached hydrogen (secondary N) is 2. The van der Waals surface area contributed by atoms with Crippen LogP contribution in [0.25, 0.3) is 11.4 Å². The summed E-state index contributed by atoms with van der Waals surface area (Å²) in [7, 11) is 0. The van der Waals surface area contributed by atoms with Crippen molar-refractivity contribution in [2.24, 2.45) is 0 Å². The van der Waals surface area contributed by atoms with Crippen molar-refractivity contribution < 1.29 is 22.5 Å². The monoisotopic (exact) mass is 369 g/mol. The first kappa shape index (κ1) is 18.3. The lowest BCUT2D eigenvalue weighted by Gasteiger charge is -2.35. The number of rotatable bonds is 5. The van der Waals surface area contributed by atoms with E-state index in [0.717, 1.165) is 0 Å². The average Bonchev–Trinajstić information content (AvgIpc) is 3.12. The summed E-state index contributed by atoms with van der Waals surface area (Å²) in [5.41, 5.74) is 0.842. The van der Waals surface area contributed by atoms with E-state index in [9.17, 15) is 18.0 Å². The Labute approximate surface area is 147 Å². The van der Waals surface area contributed by atoms with Gasteiger partial charge in [-0.1, -0.05) is 11.2 Å². The van der Waals surface area contributed by atoms with E-state index in [1.807, 2.05) is 0 Å². The summed E-state index contributed by atoms with van der Waals surface area (Å²) in [4.78, 5) is 17.5. The number of nitrogens with zero attached hydrogens (tertiary/aromatic N) is 3. The molecule has 1 saturated heterocycles. The van der Waals surface area contributed by atoms with Crippen molar-refractivity contribution in [3.63, 3.8) is 0 Å². The molecule has 1 amide bonds. The molecular formula is C16H18F3N5O2. The largest absolute Gasteiger partial charge is 0.405 e. The summed E-state index contributed by atoms with van der Waals surface area (Å²) in [5, 5.41) is 9.03. The molecule has 7 nitrogen and oxygen atoms in total. The quantitative estimate of drug-likeness (QED) is 0.827. The molecule has 1 aliphatic rings. The van der Waals surface area contributed by atoms with Gasteiger partial charge in [-0.15, -0.1) is 0 Å². The van der Waals surface area contributed by atoms with Gasteiger partial charge in [0.25, 0.3) is 5.91 Å². The Morgan fingerprint density at radius 1 is 1.31 bits per heavy atom. The van der Waals surface area contributed by atoms with Crippen LogP contribution in [0.5, 0.6) is 0 Å². The minimum atomic E-state index is -4.44. The molecule has 2 N–H and O–H groups in total. The van der Waals surface area contributed by atoms with Crippen molar-refractivity contribution in [2.45, 2.75) is 12.2 Å². The van der Waals surface area contributed by atoms with Crippen molar-refractivity contribution in [3.05, 3.63) is 36.2 Å². The van der Waals surface area contributed by atoms with Crippen LogP contribution in [0, 0.1) is 0 Å². The SMILES string of the molecule is O=C(NCC(N1CCNCC1)C(F)(F)F)c1cc(-c2ccccn2)no1. The molecule has 3 heterocycles. The average molecular weight is 369 g/mol. The number of aromatic nitrogens is 2. The molecule has 0 saturated carbocycles. The number of hydrogen-bond donors (Lipinski definition) is 2. The first-order valence-electron chi connectivity index (χ1n) is 8.13. The normalized spacial score (nSPS) is 17.0.